The molecule has 0 aromatic carbocycles. The summed E-state index contributed by atoms with van der Waals surface area (Å²) in [6.07, 6.45) is 1.03. The first kappa shape index (κ1) is 19.0. The Hall–Kier alpha value is -1.07. The van der Waals surface area contributed by atoms with Crippen LogP contribution in [0, 0.1) is 6.92 Å². The highest BCUT2D eigenvalue weighted by atomic mass is 32.1. The maximum absolute atomic E-state index is 4.34. The molecule has 126 valence electrons. The molecule has 0 saturated heterocycles. The van der Waals surface area contributed by atoms with Crippen molar-refractivity contribution in [2.75, 3.05) is 26.7 Å². The van der Waals surface area contributed by atoms with Gasteiger partial charge < -0.3 is 10.6 Å². The van der Waals surface area contributed by atoms with Crippen LogP contribution in [0.5, 0.6) is 0 Å². The molecule has 2 N–H and O–H groups in total. The van der Waals surface area contributed by atoms with Crippen LogP contribution >= 0.6 is 11.3 Å². The highest BCUT2D eigenvalue weighted by Crippen LogP contribution is 2.16. The van der Waals surface area contributed by atoms with Gasteiger partial charge in [-0.3, -0.25) is 9.89 Å². The first-order valence-electron chi connectivity index (χ1n) is 8.26. The molecule has 2 unspecified atom stereocenters. The zero-order valence-corrected chi connectivity index (χ0v) is 15.8. The summed E-state index contributed by atoms with van der Waals surface area (Å²) >= 11 is 1.87. The van der Waals surface area contributed by atoms with E-state index in [2.05, 4.69) is 67.3 Å². The zero-order valence-electron chi connectivity index (χ0n) is 14.9. The molecule has 5 heteroatoms. The second kappa shape index (κ2) is 9.85. The highest BCUT2D eigenvalue weighted by Gasteiger charge is 2.12. The summed E-state index contributed by atoms with van der Waals surface area (Å²) in [7, 11) is 1.83. The molecule has 0 fully saturated rings. The van der Waals surface area contributed by atoms with Crippen molar-refractivity contribution in [3.05, 3.63) is 21.9 Å². The van der Waals surface area contributed by atoms with E-state index in [-0.39, 0.29) is 0 Å². The minimum Gasteiger partial charge on any atom is -0.355 e. The molecule has 4 nitrogen and oxygen atoms in total. The van der Waals surface area contributed by atoms with E-state index in [0.717, 1.165) is 32.0 Å². The summed E-state index contributed by atoms with van der Waals surface area (Å²) in [5.74, 6) is 0.889. The smallest absolute Gasteiger partial charge is 0.191 e. The Balaban J connectivity index is 2.41. The van der Waals surface area contributed by atoms with Crippen molar-refractivity contribution in [3.63, 3.8) is 0 Å². The quantitative estimate of drug-likeness (QED) is 0.570. The number of nitrogens with one attached hydrogen (secondary N) is 2. The van der Waals surface area contributed by atoms with Crippen molar-refractivity contribution in [2.24, 2.45) is 4.99 Å². The van der Waals surface area contributed by atoms with Gasteiger partial charge in [-0.25, -0.2) is 0 Å². The Morgan fingerprint density at radius 2 is 1.95 bits per heavy atom. The fraction of sp³-hybridized carbons (Fsp3) is 0.706. The second-order valence-corrected chi connectivity index (χ2v) is 7.16. The zero-order chi connectivity index (χ0) is 16.5. The molecule has 2 atom stereocenters. The monoisotopic (exact) mass is 324 g/mol. The number of thiophene rings is 1. The summed E-state index contributed by atoms with van der Waals surface area (Å²) < 4.78 is 0. The van der Waals surface area contributed by atoms with Gasteiger partial charge in [0.15, 0.2) is 5.96 Å². The summed E-state index contributed by atoms with van der Waals surface area (Å²) in [5.41, 5.74) is 0. The molecule has 0 amide bonds. The maximum Gasteiger partial charge on any atom is 0.191 e. The van der Waals surface area contributed by atoms with Crippen LogP contribution in [0.15, 0.2) is 17.1 Å². The fourth-order valence-electron chi connectivity index (χ4n) is 2.60. The number of likely N-dealkylation sites (N-methyl/N-ethyl adjacent to an activating group) is 1. The van der Waals surface area contributed by atoms with E-state index in [4.69, 9.17) is 0 Å². The van der Waals surface area contributed by atoms with Crippen molar-refractivity contribution in [2.45, 2.75) is 53.1 Å². The number of hydrogen-bond acceptors (Lipinski definition) is 3. The Kier molecular flexibility index (Phi) is 8.49. The van der Waals surface area contributed by atoms with Gasteiger partial charge in [0.1, 0.15) is 0 Å². The first-order valence-corrected chi connectivity index (χ1v) is 9.08. The molecule has 0 spiro atoms. The number of aliphatic imine (C=N–C) groups is 1. The molecular formula is C17H32N4S. The average Bonchev–Trinajstić information content (AvgIpc) is 2.89. The molecule has 1 rings (SSSR count). The maximum atomic E-state index is 4.34. The number of hydrogen-bond donors (Lipinski definition) is 2. The van der Waals surface area contributed by atoms with Crippen LogP contribution in [-0.2, 0) is 6.42 Å². The Morgan fingerprint density at radius 1 is 1.27 bits per heavy atom. The molecule has 0 saturated carbocycles. The molecule has 0 aliphatic rings. The van der Waals surface area contributed by atoms with Gasteiger partial charge in [-0.1, -0.05) is 13.8 Å². The number of guanidine groups is 1. The molecule has 1 aromatic heterocycles. The Morgan fingerprint density at radius 3 is 2.45 bits per heavy atom. The van der Waals surface area contributed by atoms with Gasteiger partial charge in [0.2, 0.25) is 0 Å². The Labute approximate surface area is 140 Å². The molecule has 22 heavy (non-hydrogen) atoms. The van der Waals surface area contributed by atoms with Crippen LogP contribution < -0.4 is 10.6 Å². The van der Waals surface area contributed by atoms with E-state index in [1.54, 1.807) is 0 Å². The van der Waals surface area contributed by atoms with Crippen molar-refractivity contribution < 1.29 is 0 Å². The van der Waals surface area contributed by atoms with Crippen molar-refractivity contribution in [3.8, 4) is 0 Å². The van der Waals surface area contributed by atoms with Gasteiger partial charge >= 0.3 is 0 Å². The predicted octanol–water partition coefficient (Wildman–Crippen LogP) is 2.88. The van der Waals surface area contributed by atoms with E-state index in [1.807, 2.05) is 18.4 Å². The molecule has 0 bridgehead atoms. The van der Waals surface area contributed by atoms with E-state index in [0.29, 0.717) is 12.1 Å². The van der Waals surface area contributed by atoms with E-state index >= 15 is 0 Å². The third-order valence-electron chi connectivity index (χ3n) is 3.91. The number of rotatable bonds is 8. The summed E-state index contributed by atoms with van der Waals surface area (Å²) in [6, 6.07) is 5.28. The minimum atomic E-state index is 0.369. The molecule has 0 aliphatic heterocycles. The lowest BCUT2D eigenvalue weighted by Crippen LogP contribution is -2.48. The van der Waals surface area contributed by atoms with Gasteiger partial charge in [-0.2, -0.15) is 0 Å². The lowest BCUT2D eigenvalue weighted by atomic mass is 10.2. The van der Waals surface area contributed by atoms with Crippen molar-refractivity contribution in [1.29, 1.82) is 0 Å². The second-order valence-electron chi connectivity index (χ2n) is 5.79. The van der Waals surface area contributed by atoms with Gasteiger partial charge in [-0.05, 0) is 46.0 Å². The van der Waals surface area contributed by atoms with Crippen LogP contribution in [-0.4, -0.2) is 49.6 Å². The van der Waals surface area contributed by atoms with Gasteiger partial charge in [0, 0.05) is 41.9 Å². The topological polar surface area (TPSA) is 39.7 Å². The third-order valence-corrected chi connectivity index (χ3v) is 4.93. The SMILES string of the molecule is CCN(CC)C(C)CNC(=NC)NC(C)Cc1ccc(C)s1. The highest BCUT2D eigenvalue weighted by molar-refractivity contribution is 7.11. The van der Waals surface area contributed by atoms with Crippen LogP contribution in [0.25, 0.3) is 0 Å². The summed E-state index contributed by atoms with van der Waals surface area (Å²) in [4.78, 5) is 9.57. The predicted molar refractivity (Wildman–Crippen MR) is 99.1 cm³/mol. The number of aryl methyl sites for hydroxylation is 1. The van der Waals surface area contributed by atoms with Crippen LogP contribution in [0.3, 0.4) is 0 Å². The minimum absolute atomic E-state index is 0.369. The summed E-state index contributed by atoms with van der Waals surface area (Å²) in [6.45, 7) is 14.1. The van der Waals surface area contributed by atoms with Gasteiger partial charge in [-0.15, -0.1) is 11.3 Å². The molecule has 1 aromatic rings. The van der Waals surface area contributed by atoms with Gasteiger partial charge in [0.05, 0.1) is 0 Å². The van der Waals surface area contributed by atoms with E-state index in [9.17, 15) is 0 Å². The molecule has 0 radical (unpaired) electrons. The largest absolute Gasteiger partial charge is 0.355 e. The average molecular weight is 325 g/mol. The summed E-state index contributed by atoms with van der Waals surface area (Å²) in [5, 5.41) is 6.92. The standard InChI is InChI=1S/C17H32N4S/c1-7-21(8-2)14(4)12-19-17(18-6)20-13(3)11-16-10-9-15(5)22-16/h9-10,13-14H,7-8,11-12H2,1-6H3,(H2,18,19,20). The lowest BCUT2D eigenvalue weighted by molar-refractivity contribution is 0.231. The molecule has 0 aliphatic carbocycles. The van der Waals surface area contributed by atoms with Gasteiger partial charge in [0.25, 0.3) is 0 Å². The van der Waals surface area contributed by atoms with Crippen molar-refractivity contribution >= 4 is 17.3 Å². The van der Waals surface area contributed by atoms with E-state index < -0.39 is 0 Å². The van der Waals surface area contributed by atoms with Crippen LogP contribution in [0.2, 0.25) is 0 Å². The van der Waals surface area contributed by atoms with Crippen LogP contribution in [0.1, 0.15) is 37.4 Å². The van der Waals surface area contributed by atoms with Crippen LogP contribution in [0.4, 0.5) is 0 Å². The Bertz CT molecular complexity index is 451. The molecular weight excluding hydrogens is 292 g/mol. The number of nitrogens with zero attached hydrogens (tertiary/aromatic N) is 2. The molecule has 1 heterocycles. The lowest BCUT2D eigenvalue weighted by Gasteiger charge is -2.27. The third kappa shape index (κ3) is 6.36. The van der Waals surface area contributed by atoms with Crippen molar-refractivity contribution in [1.82, 2.24) is 15.5 Å². The fourth-order valence-corrected chi connectivity index (χ4v) is 3.62. The normalized spacial score (nSPS) is 15.0. The van der Waals surface area contributed by atoms with E-state index in [1.165, 1.54) is 9.75 Å². The first-order chi connectivity index (χ1) is 10.5.